The second-order valence-electron chi connectivity index (χ2n) is 9.87. The van der Waals surface area contributed by atoms with Gasteiger partial charge >= 0.3 is 0 Å². The average molecular weight is 578 g/mol. The van der Waals surface area contributed by atoms with Crippen LogP contribution in [0.25, 0.3) is 0 Å². The van der Waals surface area contributed by atoms with E-state index in [9.17, 15) is 19.2 Å². The zero-order chi connectivity index (χ0) is 29.6. The number of methoxy groups -OCH3 is 2. The SMILES string of the molecule is COc1cc2ccc1CNC(=O)CCc1ccc(c(OC)c1)OCC(=O)N[C@@H]1CN(C(=O)c3ccc(=O)[nH]n3)C[C@H]1O2. The number of carbonyl (C=O) groups excluding carboxylic acids is 3. The molecule has 5 aliphatic rings. The summed E-state index contributed by atoms with van der Waals surface area (Å²) in [6.07, 6.45) is 0.123. The Morgan fingerprint density at radius 3 is 2.55 bits per heavy atom. The molecule has 13 heteroatoms. The van der Waals surface area contributed by atoms with Crippen LogP contribution >= 0.6 is 0 Å². The molecule has 13 nitrogen and oxygen atoms in total. The first-order valence-electron chi connectivity index (χ1n) is 13.4. The summed E-state index contributed by atoms with van der Waals surface area (Å²) in [6, 6.07) is 12.5. The topological polar surface area (TPSA) is 161 Å². The predicted octanol–water partition coefficient (Wildman–Crippen LogP) is 0.817. The van der Waals surface area contributed by atoms with Crippen LogP contribution in [-0.4, -0.2) is 78.9 Å². The fourth-order valence-electron chi connectivity index (χ4n) is 4.86. The number of amides is 3. The number of ether oxygens (including phenoxy) is 4. The minimum atomic E-state index is -0.629. The van der Waals surface area contributed by atoms with E-state index in [1.54, 1.807) is 30.3 Å². The van der Waals surface area contributed by atoms with E-state index < -0.39 is 29.5 Å². The summed E-state index contributed by atoms with van der Waals surface area (Å²) >= 11 is 0. The van der Waals surface area contributed by atoms with E-state index in [0.717, 1.165) is 11.1 Å². The van der Waals surface area contributed by atoms with Crippen LogP contribution in [0.15, 0.2) is 53.3 Å². The predicted molar refractivity (Wildman–Crippen MR) is 149 cm³/mol. The lowest BCUT2D eigenvalue weighted by atomic mass is 10.1. The molecule has 42 heavy (non-hydrogen) atoms. The van der Waals surface area contributed by atoms with Gasteiger partial charge in [0.15, 0.2) is 18.1 Å². The summed E-state index contributed by atoms with van der Waals surface area (Å²) in [5, 5.41) is 11.9. The Balaban J connectivity index is 1.42. The summed E-state index contributed by atoms with van der Waals surface area (Å²) in [6.45, 7) is 0.227. The van der Waals surface area contributed by atoms with Crippen molar-refractivity contribution in [2.45, 2.75) is 31.5 Å². The highest BCUT2D eigenvalue weighted by Gasteiger charge is 2.39. The molecule has 0 spiro atoms. The second-order valence-corrected chi connectivity index (χ2v) is 9.87. The fourth-order valence-corrected chi connectivity index (χ4v) is 4.86. The molecule has 3 amide bonds. The number of likely N-dealkylation sites (tertiary alicyclic amines) is 1. The molecule has 2 atom stereocenters. The molecule has 1 fully saturated rings. The van der Waals surface area contributed by atoms with Crippen molar-refractivity contribution in [3.05, 3.63) is 75.7 Å². The summed E-state index contributed by atoms with van der Waals surface area (Å²) < 4.78 is 23.0. The van der Waals surface area contributed by atoms with E-state index in [1.807, 2.05) is 6.07 Å². The first-order valence-corrected chi connectivity index (χ1v) is 13.4. The van der Waals surface area contributed by atoms with Gasteiger partial charge in [-0.05, 0) is 42.3 Å². The number of benzene rings is 2. The number of carbonyl (C=O) groups is 3. The number of hydrogen-bond acceptors (Lipinski definition) is 9. The Labute approximate surface area is 241 Å². The molecule has 0 saturated carbocycles. The largest absolute Gasteiger partial charge is 0.496 e. The monoisotopic (exact) mass is 577 g/mol. The third-order valence-corrected chi connectivity index (χ3v) is 7.05. The number of nitrogens with zero attached hydrogens (tertiary/aromatic N) is 2. The molecule has 0 radical (unpaired) electrons. The molecule has 8 rings (SSSR count). The Bertz CT molecular complexity index is 1520. The van der Waals surface area contributed by atoms with Gasteiger partial charge < -0.3 is 34.5 Å². The minimum absolute atomic E-state index is 0.0598. The van der Waals surface area contributed by atoms with Crippen LogP contribution in [-0.2, 0) is 22.6 Å². The molecule has 220 valence electrons. The molecule has 3 aromatic rings. The number of aromatic amines is 1. The van der Waals surface area contributed by atoms with Crippen LogP contribution in [0, 0.1) is 0 Å². The normalized spacial score (nSPS) is 19.1. The van der Waals surface area contributed by atoms with Crippen molar-refractivity contribution in [2.75, 3.05) is 33.9 Å². The van der Waals surface area contributed by atoms with Crippen LogP contribution < -0.4 is 35.1 Å². The second kappa shape index (κ2) is 12.6. The van der Waals surface area contributed by atoms with Gasteiger partial charge in [0.1, 0.15) is 23.3 Å². The first kappa shape index (κ1) is 28.5. The molecule has 5 aliphatic heterocycles. The van der Waals surface area contributed by atoms with Gasteiger partial charge in [-0.3, -0.25) is 19.2 Å². The maximum atomic E-state index is 13.2. The van der Waals surface area contributed by atoms with Gasteiger partial charge in [-0.1, -0.05) is 6.07 Å². The van der Waals surface area contributed by atoms with Gasteiger partial charge in [0, 0.05) is 37.2 Å². The smallest absolute Gasteiger partial charge is 0.274 e. The summed E-state index contributed by atoms with van der Waals surface area (Å²) in [7, 11) is 3.02. The third-order valence-electron chi connectivity index (χ3n) is 7.05. The van der Waals surface area contributed by atoms with E-state index in [1.165, 1.54) is 31.3 Å². The lowest BCUT2D eigenvalue weighted by Gasteiger charge is -2.22. The van der Waals surface area contributed by atoms with Gasteiger partial charge in [-0.25, -0.2) is 5.10 Å². The van der Waals surface area contributed by atoms with Crippen LogP contribution in [0.1, 0.15) is 28.0 Å². The molecule has 1 aromatic heterocycles. The zero-order valence-electron chi connectivity index (χ0n) is 23.2. The van der Waals surface area contributed by atoms with Crippen molar-refractivity contribution >= 4 is 17.7 Å². The van der Waals surface area contributed by atoms with Crippen LogP contribution in [0.5, 0.6) is 23.0 Å². The quantitative estimate of drug-likeness (QED) is 0.409. The Kier molecular flexibility index (Phi) is 8.55. The van der Waals surface area contributed by atoms with E-state index in [2.05, 4.69) is 20.8 Å². The lowest BCUT2D eigenvalue weighted by molar-refractivity contribution is -0.124. The number of aryl methyl sites for hydroxylation is 1. The van der Waals surface area contributed by atoms with Crippen LogP contribution in [0.3, 0.4) is 0 Å². The van der Waals surface area contributed by atoms with E-state index >= 15 is 0 Å². The van der Waals surface area contributed by atoms with Gasteiger partial charge in [0.2, 0.25) is 5.91 Å². The van der Waals surface area contributed by atoms with Gasteiger partial charge in [-0.15, -0.1) is 0 Å². The first-order chi connectivity index (χ1) is 20.3. The van der Waals surface area contributed by atoms with Crippen molar-refractivity contribution in [3.8, 4) is 23.0 Å². The molecule has 0 unspecified atom stereocenters. The number of rotatable bonds is 3. The van der Waals surface area contributed by atoms with E-state index in [-0.39, 0.29) is 44.3 Å². The minimum Gasteiger partial charge on any atom is -0.496 e. The Hall–Kier alpha value is -5.07. The van der Waals surface area contributed by atoms with Crippen molar-refractivity contribution < 1.29 is 33.3 Å². The molecule has 0 aliphatic carbocycles. The van der Waals surface area contributed by atoms with Crippen molar-refractivity contribution in [1.29, 1.82) is 0 Å². The van der Waals surface area contributed by atoms with Crippen molar-refractivity contribution in [1.82, 2.24) is 25.7 Å². The number of nitrogens with one attached hydrogen (secondary N) is 3. The zero-order valence-corrected chi connectivity index (χ0v) is 23.2. The number of H-pyrrole nitrogens is 1. The summed E-state index contributed by atoms with van der Waals surface area (Å²) in [5.74, 6) is 0.812. The molecule has 1 saturated heterocycles. The molecule has 4 bridgehead atoms. The Morgan fingerprint density at radius 1 is 0.952 bits per heavy atom. The lowest BCUT2D eigenvalue weighted by Crippen LogP contribution is -2.46. The molecule has 2 aromatic carbocycles. The standard InChI is InChI=1S/C29H31N5O8/c1-39-23-12-19-6-5-18(23)13-30-26(35)9-4-17-3-8-22(24(11-17)40-2)41-16-28(37)31-21-14-34(15-25(21)42-19)29(38)20-7-10-27(36)33-32-20/h3,5-8,10-12,21,25H,4,9,13-16H2,1-2H3,(H,30,35)(H,31,37)(H,33,36)/t21-,25-/m1/s1. The number of aromatic nitrogens is 2. The summed E-state index contributed by atoms with van der Waals surface area (Å²) in [5.41, 5.74) is 1.27. The number of hydrogen-bond donors (Lipinski definition) is 3. The average Bonchev–Trinajstić information content (AvgIpc) is 3.39. The van der Waals surface area contributed by atoms with Crippen LogP contribution in [0.4, 0.5) is 0 Å². The third kappa shape index (κ3) is 6.62. The molecular weight excluding hydrogens is 546 g/mol. The van der Waals surface area contributed by atoms with Crippen LogP contribution in [0.2, 0.25) is 0 Å². The van der Waals surface area contributed by atoms with Gasteiger partial charge in [0.25, 0.3) is 17.4 Å². The highest BCUT2D eigenvalue weighted by atomic mass is 16.5. The van der Waals surface area contributed by atoms with Gasteiger partial charge in [0.05, 0.1) is 26.8 Å². The van der Waals surface area contributed by atoms with Crippen molar-refractivity contribution in [3.63, 3.8) is 0 Å². The highest BCUT2D eigenvalue weighted by Crippen LogP contribution is 2.30. The maximum absolute atomic E-state index is 13.2. The maximum Gasteiger partial charge on any atom is 0.274 e. The fraction of sp³-hybridized carbons (Fsp3) is 0.345. The van der Waals surface area contributed by atoms with Crippen molar-refractivity contribution in [2.24, 2.45) is 0 Å². The molecule has 6 heterocycles. The molecular formula is C29H31N5O8. The Morgan fingerprint density at radius 2 is 1.79 bits per heavy atom. The summed E-state index contributed by atoms with van der Waals surface area (Å²) in [4.78, 5) is 51.6. The molecule has 3 N–H and O–H groups in total. The highest BCUT2D eigenvalue weighted by molar-refractivity contribution is 5.92. The van der Waals surface area contributed by atoms with E-state index in [4.69, 9.17) is 18.9 Å². The van der Waals surface area contributed by atoms with E-state index in [0.29, 0.717) is 29.4 Å². The van der Waals surface area contributed by atoms with Gasteiger partial charge in [-0.2, -0.15) is 5.10 Å².